The number of nitrogens with zero attached hydrogens (tertiary/aromatic N) is 3. The van der Waals surface area contributed by atoms with Gasteiger partial charge < -0.3 is 25.0 Å². The van der Waals surface area contributed by atoms with E-state index >= 15 is 0 Å². The Hall–Kier alpha value is -4.80. The molecule has 3 heterocycles. The van der Waals surface area contributed by atoms with E-state index in [4.69, 9.17) is 14.5 Å². The number of aromatic nitrogens is 2. The maximum absolute atomic E-state index is 13.1. The lowest BCUT2D eigenvalue weighted by Crippen LogP contribution is -2.32. The first-order valence-corrected chi connectivity index (χ1v) is 13.1. The number of benzene rings is 3. The van der Waals surface area contributed by atoms with Crippen LogP contribution < -0.4 is 25.0 Å². The minimum atomic E-state index is -4.52. The molecule has 210 valence electrons. The van der Waals surface area contributed by atoms with Crippen molar-refractivity contribution in [3.8, 4) is 11.5 Å². The average Bonchev–Trinajstić information content (AvgIpc) is 2.97. The van der Waals surface area contributed by atoms with Gasteiger partial charge in [-0.15, -0.1) is 0 Å². The molecule has 2 aliphatic heterocycles. The molecule has 2 aliphatic rings. The van der Waals surface area contributed by atoms with E-state index in [2.05, 4.69) is 20.5 Å². The number of rotatable bonds is 5. The fourth-order valence-corrected chi connectivity index (χ4v) is 4.90. The van der Waals surface area contributed by atoms with Crippen LogP contribution in [0.2, 0.25) is 0 Å². The van der Waals surface area contributed by atoms with Crippen LogP contribution in [0.4, 0.5) is 36.2 Å². The number of anilines is 4. The van der Waals surface area contributed by atoms with Crippen LogP contribution >= 0.6 is 0 Å². The van der Waals surface area contributed by atoms with Gasteiger partial charge >= 0.3 is 6.18 Å². The third-order valence-electron chi connectivity index (χ3n) is 6.99. The Labute approximate surface area is 234 Å². The monoisotopic (exact) mass is 561 g/mol. The van der Waals surface area contributed by atoms with Gasteiger partial charge in [-0.05, 0) is 55.0 Å². The van der Waals surface area contributed by atoms with Crippen molar-refractivity contribution in [2.24, 2.45) is 0 Å². The highest BCUT2D eigenvalue weighted by atomic mass is 19.4. The lowest BCUT2D eigenvalue weighted by molar-refractivity contribution is -0.137. The summed E-state index contributed by atoms with van der Waals surface area (Å²) in [6.07, 6.45) is -2.03. The molecule has 0 saturated heterocycles. The molecule has 0 radical (unpaired) electrons. The van der Waals surface area contributed by atoms with E-state index in [1.165, 1.54) is 12.1 Å². The number of aryl methyl sites for hydroxylation is 1. The van der Waals surface area contributed by atoms with E-state index in [1.54, 1.807) is 6.07 Å². The molecule has 0 unspecified atom stereocenters. The Bertz CT molecular complexity index is 1630. The van der Waals surface area contributed by atoms with E-state index in [-0.39, 0.29) is 5.56 Å². The van der Waals surface area contributed by atoms with Crippen LogP contribution in [0.5, 0.6) is 11.5 Å². The van der Waals surface area contributed by atoms with Gasteiger partial charge in [-0.2, -0.15) is 13.2 Å². The minimum absolute atomic E-state index is 0.0633. The van der Waals surface area contributed by atoms with E-state index in [1.807, 2.05) is 43.5 Å². The van der Waals surface area contributed by atoms with Gasteiger partial charge in [0, 0.05) is 60.0 Å². The maximum Gasteiger partial charge on any atom is 0.416 e. The molecular weight excluding hydrogens is 535 g/mol. The van der Waals surface area contributed by atoms with Gasteiger partial charge in [0.15, 0.2) is 11.5 Å². The summed E-state index contributed by atoms with van der Waals surface area (Å²) in [5.41, 5.74) is 4.21. The summed E-state index contributed by atoms with van der Waals surface area (Å²) in [7, 11) is 0. The van der Waals surface area contributed by atoms with E-state index in [9.17, 15) is 18.0 Å². The van der Waals surface area contributed by atoms with Gasteiger partial charge in [-0.3, -0.25) is 4.79 Å². The lowest BCUT2D eigenvalue weighted by Gasteiger charge is -2.31. The Morgan fingerprint density at radius 2 is 1.78 bits per heavy atom. The predicted octanol–water partition coefficient (Wildman–Crippen LogP) is 6.13. The molecule has 4 aromatic rings. The number of amides is 1. The van der Waals surface area contributed by atoms with Crippen LogP contribution in [0.15, 0.2) is 66.9 Å². The summed E-state index contributed by atoms with van der Waals surface area (Å²) in [6, 6.07) is 15.4. The second kappa shape index (κ2) is 10.6. The van der Waals surface area contributed by atoms with E-state index in [0.29, 0.717) is 55.9 Å². The normalized spacial score (nSPS) is 14.3. The molecule has 0 spiro atoms. The zero-order valence-electron chi connectivity index (χ0n) is 22.1. The van der Waals surface area contributed by atoms with Crippen LogP contribution in [0.3, 0.4) is 0 Å². The van der Waals surface area contributed by atoms with Gasteiger partial charge in [-0.25, -0.2) is 9.97 Å². The van der Waals surface area contributed by atoms with E-state index in [0.717, 1.165) is 40.3 Å². The van der Waals surface area contributed by atoms with Gasteiger partial charge in [0.2, 0.25) is 5.95 Å². The van der Waals surface area contributed by atoms with E-state index < -0.39 is 17.6 Å². The Morgan fingerprint density at radius 1 is 0.976 bits per heavy atom. The number of fused-ring (bicyclic) bond motifs is 2. The summed E-state index contributed by atoms with van der Waals surface area (Å²) in [5.74, 6) is 1.27. The molecule has 11 heteroatoms. The number of carbonyl (C=O) groups excluding carboxylic acids is 1. The second-order valence-corrected chi connectivity index (χ2v) is 9.85. The number of halogens is 3. The zero-order valence-corrected chi connectivity index (χ0v) is 22.1. The van der Waals surface area contributed by atoms with Crippen LogP contribution in [-0.2, 0) is 19.1 Å². The SMILES string of the molecule is Cc1ccc(NC(=O)c2cccc(C(F)(F)F)c2)cc1N1CCc2nc(Nc3ccc4c(c3)OCCO4)ncc2C1. The number of carbonyl (C=O) groups is 1. The summed E-state index contributed by atoms with van der Waals surface area (Å²) >= 11 is 0. The molecule has 0 bridgehead atoms. The van der Waals surface area contributed by atoms with Crippen molar-refractivity contribution in [3.63, 3.8) is 0 Å². The first-order valence-electron chi connectivity index (χ1n) is 13.1. The molecule has 0 saturated carbocycles. The summed E-state index contributed by atoms with van der Waals surface area (Å²) in [4.78, 5) is 24.1. The van der Waals surface area contributed by atoms with Gasteiger partial charge in [0.05, 0.1) is 11.3 Å². The average molecular weight is 562 g/mol. The van der Waals surface area contributed by atoms with Crippen molar-refractivity contribution >= 4 is 28.9 Å². The molecule has 0 atom stereocenters. The maximum atomic E-state index is 13.1. The zero-order chi connectivity index (χ0) is 28.6. The van der Waals surface area contributed by atoms with Crippen molar-refractivity contribution < 1.29 is 27.4 Å². The first-order chi connectivity index (χ1) is 19.7. The van der Waals surface area contributed by atoms with Crippen molar-refractivity contribution in [1.29, 1.82) is 0 Å². The third-order valence-corrected chi connectivity index (χ3v) is 6.99. The van der Waals surface area contributed by atoms with Crippen LogP contribution in [-0.4, -0.2) is 35.6 Å². The van der Waals surface area contributed by atoms with Crippen LogP contribution in [0.25, 0.3) is 0 Å². The Balaban J connectivity index is 1.15. The highest BCUT2D eigenvalue weighted by Gasteiger charge is 2.31. The molecule has 0 fully saturated rings. The number of ether oxygens (including phenoxy) is 2. The molecule has 1 amide bonds. The first kappa shape index (κ1) is 26.4. The molecule has 8 nitrogen and oxygen atoms in total. The molecule has 6 rings (SSSR count). The molecule has 2 N–H and O–H groups in total. The summed E-state index contributed by atoms with van der Waals surface area (Å²) in [6.45, 7) is 4.28. The smallest absolute Gasteiger partial charge is 0.416 e. The number of alkyl halides is 3. The van der Waals surface area contributed by atoms with Crippen LogP contribution in [0.1, 0.15) is 32.7 Å². The number of hydrogen-bond donors (Lipinski definition) is 2. The molecule has 41 heavy (non-hydrogen) atoms. The predicted molar refractivity (Wildman–Crippen MR) is 148 cm³/mol. The van der Waals surface area contributed by atoms with Crippen molar-refractivity contribution in [3.05, 3.63) is 94.8 Å². The highest BCUT2D eigenvalue weighted by Crippen LogP contribution is 2.34. The quantitative estimate of drug-likeness (QED) is 0.303. The summed E-state index contributed by atoms with van der Waals surface area (Å²) < 4.78 is 50.5. The molecule has 3 aromatic carbocycles. The molecule has 1 aromatic heterocycles. The van der Waals surface area contributed by atoms with Gasteiger partial charge in [0.1, 0.15) is 13.2 Å². The minimum Gasteiger partial charge on any atom is -0.486 e. The highest BCUT2D eigenvalue weighted by molar-refractivity contribution is 6.04. The molecule has 0 aliphatic carbocycles. The van der Waals surface area contributed by atoms with Crippen molar-refractivity contribution in [2.75, 3.05) is 35.3 Å². The summed E-state index contributed by atoms with van der Waals surface area (Å²) in [5, 5.41) is 5.96. The van der Waals surface area contributed by atoms with Crippen molar-refractivity contribution in [2.45, 2.75) is 26.1 Å². The van der Waals surface area contributed by atoms with Crippen LogP contribution in [0, 0.1) is 6.92 Å². The van der Waals surface area contributed by atoms with Gasteiger partial charge in [0.25, 0.3) is 5.91 Å². The fourth-order valence-electron chi connectivity index (χ4n) is 4.90. The largest absolute Gasteiger partial charge is 0.486 e. The van der Waals surface area contributed by atoms with Gasteiger partial charge in [-0.1, -0.05) is 12.1 Å². The second-order valence-electron chi connectivity index (χ2n) is 9.85. The Morgan fingerprint density at radius 3 is 2.61 bits per heavy atom. The number of hydrogen-bond acceptors (Lipinski definition) is 7. The standard InChI is InChI=1S/C30H26F3N5O3/c1-18-5-6-22(35-28(39)19-3-2-4-21(13-19)30(31,32)33)14-25(18)38-10-9-24-20(17-38)16-34-29(37-24)36-23-7-8-26-27(15-23)41-12-11-40-26/h2-8,13-16H,9-12,17H2,1H3,(H,35,39)(H,34,36,37). The lowest BCUT2D eigenvalue weighted by atomic mass is 10.0. The topological polar surface area (TPSA) is 88.6 Å². The fraction of sp³-hybridized carbons (Fsp3) is 0.233. The van der Waals surface area contributed by atoms with Crippen molar-refractivity contribution in [1.82, 2.24) is 9.97 Å². The number of nitrogens with one attached hydrogen (secondary N) is 2. The Kier molecular flexibility index (Phi) is 6.86. The third kappa shape index (κ3) is 5.74. The molecular formula is C30H26F3N5O3.